The van der Waals surface area contributed by atoms with Crippen LogP contribution < -0.4 is 5.73 Å². The second-order valence-corrected chi connectivity index (χ2v) is 6.07. The molecule has 0 amide bonds. The molecule has 3 aromatic rings. The summed E-state index contributed by atoms with van der Waals surface area (Å²) in [6, 6.07) is 8.44. The normalized spacial score (nSPS) is 13.0. The van der Waals surface area contributed by atoms with Crippen LogP contribution in [0.15, 0.2) is 34.7 Å². The lowest BCUT2D eigenvalue weighted by Gasteiger charge is -2.07. The van der Waals surface area contributed by atoms with Crippen LogP contribution in [0.25, 0.3) is 11.0 Å². The summed E-state index contributed by atoms with van der Waals surface area (Å²) in [5.41, 5.74) is 7.85. The fraction of sp³-hybridized carbons (Fsp3) is 0.250. The van der Waals surface area contributed by atoms with Gasteiger partial charge in [0.1, 0.15) is 17.2 Å². The van der Waals surface area contributed by atoms with Crippen molar-refractivity contribution < 1.29 is 8.81 Å². The number of hydrogen-bond acceptors (Lipinski definition) is 3. The Hall–Kier alpha value is -1.65. The Balaban J connectivity index is 2.06. The van der Waals surface area contributed by atoms with Gasteiger partial charge in [-0.3, -0.25) is 0 Å². The first-order valence-corrected chi connectivity index (χ1v) is 7.44. The fourth-order valence-electron chi connectivity index (χ4n) is 2.40. The summed E-state index contributed by atoms with van der Waals surface area (Å²) in [6.45, 7) is 4.09. The van der Waals surface area contributed by atoms with Gasteiger partial charge in [0.05, 0.1) is 6.04 Å². The van der Waals surface area contributed by atoms with Crippen molar-refractivity contribution in [3.63, 3.8) is 0 Å². The van der Waals surface area contributed by atoms with Crippen molar-refractivity contribution in [1.82, 2.24) is 0 Å². The summed E-state index contributed by atoms with van der Waals surface area (Å²) in [6.07, 6.45) is 1.00. The van der Waals surface area contributed by atoms with Gasteiger partial charge in [0.25, 0.3) is 0 Å². The number of furan rings is 1. The molecule has 0 fully saturated rings. The van der Waals surface area contributed by atoms with Gasteiger partial charge in [0, 0.05) is 26.8 Å². The fourth-order valence-corrected chi connectivity index (χ4v) is 3.35. The molecule has 0 aliphatic heterocycles. The average Bonchev–Trinajstić information content (AvgIpc) is 3.03. The molecule has 2 nitrogen and oxygen atoms in total. The van der Waals surface area contributed by atoms with Gasteiger partial charge in [-0.1, -0.05) is 6.92 Å². The molecule has 0 saturated heterocycles. The minimum atomic E-state index is -0.296. The third-order valence-electron chi connectivity index (χ3n) is 3.56. The summed E-state index contributed by atoms with van der Waals surface area (Å²) >= 11 is 1.70. The molecule has 4 heteroatoms. The second-order valence-electron chi connectivity index (χ2n) is 4.87. The average molecular weight is 289 g/mol. The molecule has 0 radical (unpaired) electrons. The Morgan fingerprint density at radius 1 is 1.30 bits per heavy atom. The highest BCUT2D eigenvalue weighted by Gasteiger charge is 2.20. The highest BCUT2D eigenvalue weighted by Crippen LogP contribution is 2.34. The van der Waals surface area contributed by atoms with Crippen molar-refractivity contribution in [1.29, 1.82) is 0 Å². The van der Waals surface area contributed by atoms with Crippen LogP contribution >= 0.6 is 11.3 Å². The number of fused-ring (bicyclic) bond motifs is 1. The SMILES string of the molecule is CCc1ccc(C(N)c2oc3cc(F)ccc3c2C)s1. The lowest BCUT2D eigenvalue weighted by Crippen LogP contribution is -2.10. The molecular weight excluding hydrogens is 273 g/mol. The van der Waals surface area contributed by atoms with Crippen molar-refractivity contribution in [3.8, 4) is 0 Å². The lowest BCUT2D eigenvalue weighted by atomic mass is 10.1. The van der Waals surface area contributed by atoms with E-state index in [1.165, 1.54) is 17.0 Å². The first-order valence-electron chi connectivity index (χ1n) is 6.63. The van der Waals surface area contributed by atoms with E-state index in [9.17, 15) is 4.39 Å². The van der Waals surface area contributed by atoms with Crippen LogP contribution in [0.5, 0.6) is 0 Å². The number of benzene rings is 1. The number of thiophene rings is 1. The molecule has 0 bridgehead atoms. The van der Waals surface area contributed by atoms with E-state index in [1.807, 2.05) is 13.0 Å². The van der Waals surface area contributed by atoms with Gasteiger partial charge < -0.3 is 10.2 Å². The van der Waals surface area contributed by atoms with Gasteiger partial charge in [-0.15, -0.1) is 11.3 Å². The predicted octanol–water partition coefficient (Wildman–Crippen LogP) is 4.55. The molecule has 0 spiro atoms. The maximum absolute atomic E-state index is 13.3. The summed E-state index contributed by atoms with van der Waals surface area (Å²) in [5, 5.41) is 0.920. The maximum atomic E-state index is 13.3. The molecule has 104 valence electrons. The number of hydrogen-bond donors (Lipinski definition) is 1. The molecule has 20 heavy (non-hydrogen) atoms. The number of rotatable bonds is 3. The van der Waals surface area contributed by atoms with Gasteiger partial charge >= 0.3 is 0 Å². The van der Waals surface area contributed by atoms with E-state index in [1.54, 1.807) is 17.4 Å². The van der Waals surface area contributed by atoms with Crippen molar-refractivity contribution in [2.45, 2.75) is 26.3 Å². The predicted molar refractivity (Wildman–Crippen MR) is 80.6 cm³/mol. The zero-order valence-electron chi connectivity index (χ0n) is 11.4. The molecule has 3 rings (SSSR count). The van der Waals surface area contributed by atoms with E-state index < -0.39 is 0 Å². The Morgan fingerprint density at radius 3 is 2.80 bits per heavy atom. The third kappa shape index (κ3) is 2.15. The van der Waals surface area contributed by atoms with Crippen molar-refractivity contribution >= 4 is 22.3 Å². The van der Waals surface area contributed by atoms with Gasteiger partial charge in [0.15, 0.2) is 0 Å². The van der Waals surface area contributed by atoms with Gasteiger partial charge in [-0.05, 0) is 37.6 Å². The van der Waals surface area contributed by atoms with Crippen molar-refractivity contribution in [3.05, 3.63) is 57.2 Å². The van der Waals surface area contributed by atoms with Crippen LogP contribution in [0, 0.1) is 12.7 Å². The number of aryl methyl sites for hydroxylation is 2. The Kier molecular flexibility index (Phi) is 3.36. The van der Waals surface area contributed by atoms with Crippen LogP contribution in [-0.4, -0.2) is 0 Å². The summed E-state index contributed by atoms with van der Waals surface area (Å²) < 4.78 is 19.0. The van der Waals surface area contributed by atoms with Gasteiger partial charge in [-0.2, -0.15) is 0 Å². The largest absolute Gasteiger partial charge is 0.459 e. The van der Waals surface area contributed by atoms with Crippen LogP contribution in [0.4, 0.5) is 4.39 Å². The Bertz CT molecular complexity index is 759. The smallest absolute Gasteiger partial charge is 0.137 e. The summed E-state index contributed by atoms with van der Waals surface area (Å²) in [5.74, 6) is 0.422. The monoisotopic (exact) mass is 289 g/mol. The second kappa shape index (κ2) is 5.04. The Labute approximate surface area is 121 Å². The first kappa shape index (κ1) is 13.3. The van der Waals surface area contributed by atoms with Gasteiger partial charge in [0.2, 0.25) is 0 Å². The van der Waals surface area contributed by atoms with Gasteiger partial charge in [-0.25, -0.2) is 4.39 Å². The van der Waals surface area contributed by atoms with E-state index in [4.69, 9.17) is 10.2 Å². The molecule has 1 atom stereocenters. The molecule has 2 aromatic heterocycles. The van der Waals surface area contributed by atoms with E-state index in [0.717, 1.165) is 28.0 Å². The molecular formula is C16H16FNOS. The number of halogens is 1. The maximum Gasteiger partial charge on any atom is 0.137 e. The number of nitrogens with two attached hydrogens (primary N) is 1. The quantitative estimate of drug-likeness (QED) is 0.768. The van der Waals surface area contributed by atoms with Crippen molar-refractivity contribution in [2.24, 2.45) is 5.73 Å². The Morgan fingerprint density at radius 2 is 2.10 bits per heavy atom. The van der Waals surface area contributed by atoms with Crippen molar-refractivity contribution in [2.75, 3.05) is 0 Å². The third-order valence-corrected chi connectivity index (χ3v) is 4.87. The highest BCUT2D eigenvalue weighted by molar-refractivity contribution is 7.12. The molecule has 2 N–H and O–H groups in total. The molecule has 0 aliphatic carbocycles. The van der Waals surface area contributed by atoms with E-state index in [0.29, 0.717) is 5.58 Å². The first-order chi connectivity index (χ1) is 9.60. The standard InChI is InChI=1S/C16H16FNOS/c1-3-11-5-7-14(20-11)15(18)16-9(2)12-6-4-10(17)8-13(12)19-16/h4-8,15H,3,18H2,1-2H3. The lowest BCUT2D eigenvalue weighted by molar-refractivity contribution is 0.521. The van der Waals surface area contributed by atoms with E-state index in [2.05, 4.69) is 13.0 Å². The minimum absolute atomic E-state index is 0.296. The van der Waals surface area contributed by atoms with Crippen LogP contribution in [0.2, 0.25) is 0 Å². The molecule has 1 unspecified atom stereocenters. The highest BCUT2D eigenvalue weighted by atomic mass is 32.1. The van der Waals surface area contributed by atoms with Crippen LogP contribution in [0.1, 0.15) is 34.0 Å². The molecule has 2 heterocycles. The molecule has 1 aromatic carbocycles. The molecule has 0 aliphatic rings. The molecule has 0 saturated carbocycles. The minimum Gasteiger partial charge on any atom is -0.459 e. The van der Waals surface area contributed by atoms with Crippen LogP contribution in [-0.2, 0) is 6.42 Å². The zero-order chi connectivity index (χ0) is 14.3. The summed E-state index contributed by atoms with van der Waals surface area (Å²) in [7, 11) is 0. The van der Waals surface area contributed by atoms with E-state index >= 15 is 0 Å². The topological polar surface area (TPSA) is 39.2 Å². The van der Waals surface area contributed by atoms with Crippen LogP contribution in [0.3, 0.4) is 0 Å². The zero-order valence-corrected chi connectivity index (χ0v) is 12.3. The van der Waals surface area contributed by atoms with E-state index in [-0.39, 0.29) is 11.9 Å². The summed E-state index contributed by atoms with van der Waals surface area (Å²) in [4.78, 5) is 2.37.